The van der Waals surface area contributed by atoms with Crippen LogP contribution in [0.4, 0.5) is 0 Å². The van der Waals surface area contributed by atoms with E-state index in [-0.39, 0.29) is 5.91 Å². The molecule has 1 aliphatic rings. The average Bonchev–Trinajstić information content (AvgIpc) is 2.86. The lowest BCUT2D eigenvalue weighted by Crippen LogP contribution is -2.42. The molecule has 3 rings (SSSR count). The largest absolute Gasteiger partial charge is 0.379 e. The van der Waals surface area contributed by atoms with E-state index in [1.165, 1.54) is 5.56 Å². The fourth-order valence-electron chi connectivity index (χ4n) is 3.29. The number of hydrogen-bond acceptors (Lipinski definition) is 4. The monoisotopic (exact) mass is 432 g/mol. The number of rotatable bonds is 5. The zero-order valence-electron chi connectivity index (χ0n) is 16.0. The van der Waals surface area contributed by atoms with Crippen LogP contribution in [0.25, 0.3) is 5.69 Å². The maximum Gasteiger partial charge on any atom is 0.254 e. The van der Waals surface area contributed by atoms with Crippen molar-refractivity contribution in [1.82, 2.24) is 14.9 Å². The zero-order chi connectivity index (χ0) is 19.4. The van der Waals surface area contributed by atoms with Gasteiger partial charge in [-0.1, -0.05) is 12.1 Å². The van der Waals surface area contributed by atoms with Crippen LogP contribution in [0.15, 0.2) is 33.8 Å². The molecule has 2 aromatic rings. The number of nitrogens with one attached hydrogen (secondary N) is 1. The van der Waals surface area contributed by atoms with Gasteiger partial charge in [-0.25, -0.2) is 5.43 Å². The van der Waals surface area contributed by atoms with Crippen molar-refractivity contribution in [1.29, 1.82) is 0 Å². The Kier molecular flexibility index (Phi) is 6.46. The summed E-state index contributed by atoms with van der Waals surface area (Å²) in [4.78, 5) is 14.1. The van der Waals surface area contributed by atoms with E-state index >= 15 is 0 Å². The molecule has 1 aliphatic heterocycles. The summed E-state index contributed by atoms with van der Waals surface area (Å²) in [7, 11) is 0. The van der Waals surface area contributed by atoms with Crippen LogP contribution < -0.4 is 5.43 Å². The molecule has 0 spiro atoms. The van der Waals surface area contributed by atoms with Gasteiger partial charge < -0.3 is 9.30 Å². The minimum absolute atomic E-state index is 0.114. The lowest BCUT2D eigenvalue weighted by molar-refractivity contribution is -0.123. The van der Waals surface area contributed by atoms with Crippen LogP contribution in [0.5, 0.6) is 0 Å². The maximum absolute atomic E-state index is 12.1. The number of carbonyl (C=O) groups excluding carboxylic acids is 1. The highest BCUT2D eigenvalue weighted by atomic mass is 79.9. The van der Waals surface area contributed by atoms with E-state index in [1.54, 1.807) is 6.21 Å². The summed E-state index contributed by atoms with van der Waals surface area (Å²) >= 11 is 3.67. The van der Waals surface area contributed by atoms with Gasteiger partial charge in [-0.15, -0.1) is 0 Å². The predicted octanol–water partition coefficient (Wildman–Crippen LogP) is 2.95. The number of hydrogen-bond donors (Lipinski definition) is 1. The van der Waals surface area contributed by atoms with E-state index in [0.29, 0.717) is 19.8 Å². The molecule has 1 N–H and O–H groups in total. The first-order valence-electron chi connectivity index (χ1n) is 9.04. The van der Waals surface area contributed by atoms with Gasteiger partial charge in [0.1, 0.15) is 0 Å². The van der Waals surface area contributed by atoms with Crippen LogP contribution in [-0.2, 0) is 9.53 Å². The van der Waals surface area contributed by atoms with Crippen molar-refractivity contribution < 1.29 is 9.53 Å². The first-order chi connectivity index (χ1) is 13.0. The molecule has 2 heterocycles. The first kappa shape index (κ1) is 19.8. The van der Waals surface area contributed by atoms with E-state index < -0.39 is 0 Å². The zero-order valence-corrected chi connectivity index (χ0v) is 17.5. The Hall–Kier alpha value is -1.96. The minimum Gasteiger partial charge on any atom is -0.379 e. The quantitative estimate of drug-likeness (QED) is 0.583. The molecular weight excluding hydrogens is 408 g/mol. The van der Waals surface area contributed by atoms with Gasteiger partial charge >= 0.3 is 0 Å². The number of morpholine rings is 1. The van der Waals surface area contributed by atoms with Crippen molar-refractivity contribution in [3.63, 3.8) is 0 Å². The summed E-state index contributed by atoms with van der Waals surface area (Å²) in [5.74, 6) is -0.114. The highest BCUT2D eigenvalue weighted by Gasteiger charge is 2.16. The second-order valence-electron chi connectivity index (χ2n) is 6.75. The maximum atomic E-state index is 12.1. The number of amides is 1. The van der Waals surface area contributed by atoms with Gasteiger partial charge in [-0.05, 0) is 54.4 Å². The first-order valence-corrected chi connectivity index (χ1v) is 9.83. The number of nitrogens with zero attached hydrogens (tertiary/aromatic N) is 3. The molecule has 1 saturated heterocycles. The normalized spacial score (nSPS) is 15.4. The topological polar surface area (TPSA) is 58.9 Å². The summed E-state index contributed by atoms with van der Waals surface area (Å²) in [6.07, 6.45) is 1.70. The van der Waals surface area contributed by atoms with Gasteiger partial charge in [0, 0.05) is 40.2 Å². The fourth-order valence-corrected chi connectivity index (χ4v) is 3.86. The minimum atomic E-state index is -0.114. The van der Waals surface area contributed by atoms with Crippen LogP contribution in [-0.4, -0.2) is 54.4 Å². The van der Waals surface area contributed by atoms with Gasteiger partial charge in [0.2, 0.25) is 0 Å². The van der Waals surface area contributed by atoms with Crippen LogP contribution in [0.1, 0.15) is 22.5 Å². The van der Waals surface area contributed by atoms with Gasteiger partial charge in [-0.2, -0.15) is 5.10 Å². The van der Waals surface area contributed by atoms with Gasteiger partial charge in [0.15, 0.2) is 0 Å². The van der Waals surface area contributed by atoms with Crippen LogP contribution in [0, 0.1) is 20.8 Å². The van der Waals surface area contributed by atoms with E-state index in [0.717, 1.165) is 40.2 Å². The Labute approximate surface area is 168 Å². The van der Waals surface area contributed by atoms with E-state index in [4.69, 9.17) is 4.74 Å². The Morgan fingerprint density at radius 1 is 1.26 bits per heavy atom. The summed E-state index contributed by atoms with van der Waals surface area (Å²) < 4.78 is 8.46. The van der Waals surface area contributed by atoms with E-state index in [2.05, 4.69) is 81.0 Å². The molecule has 0 atom stereocenters. The van der Waals surface area contributed by atoms with E-state index in [1.807, 2.05) is 0 Å². The lowest BCUT2D eigenvalue weighted by Gasteiger charge is -2.25. The third-order valence-corrected chi connectivity index (χ3v) is 5.73. The molecule has 1 fully saturated rings. The van der Waals surface area contributed by atoms with Crippen LogP contribution in [0.3, 0.4) is 0 Å². The lowest BCUT2D eigenvalue weighted by atomic mass is 10.2. The molecule has 0 bridgehead atoms. The van der Waals surface area contributed by atoms with Crippen molar-refractivity contribution in [2.45, 2.75) is 20.8 Å². The molecule has 0 saturated carbocycles. The molecule has 1 amide bonds. The fraction of sp³-hybridized carbons (Fsp3) is 0.400. The van der Waals surface area contributed by atoms with Crippen molar-refractivity contribution in [2.75, 3.05) is 32.8 Å². The summed E-state index contributed by atoms with van der Waals surface area (Å²) in [6.45, 7) is 9.44. The van der Waals surface area contributed by atoms with E-state index in [9.17, 15) is 4.79 Å². The Balaban J connectivity index is 1.72. The van der Waals surface area contributed by atoms with Crippen molar-refractivity contribution in [2.24, 2.45) is 5.10 Å². The van der Waals surface area contributed by atoms with Crippen LogP contribution in [0.2, 0.25) is 0 Å². The molecule has 0 radical (unpaired) electrons. The number of benzene rings is 1. The molecule has 144 valence electrons. The van der Waals surface area contributed by atoms with Gasteiger partial charge in [0.25, 0.3) is 5.91 Å². The Bertz CT molecular complexity index is 854. The summed E-state index contributed by atoms with van der Waals surface area (Å²) in [5, 5.41) is 4.17. The molecule has 0 aliphatic carbocycles. The molecule has 1 aromatic heterocycles. The average molecular weight is 433 g/mol. The molecular formula is C20H25BrN4O2. The van der Waals surface area contributed by atoms with Crippen molar-refractivity contribution in [3.05, 3.63) is 51.3 Å². The SMILES string of the molecule is Cc1cccc(-n2c(C)c(Br)c(/C=N\NC(=O)CN3CCOCC3)c2C)c1. The van der Waals surface area contributed by atoms with Crippen LogP contribution >= 0.6 is 15.9 Å². The standard InChI is InChI=1S/C20H25BrN4O2/c1-14-5-4-6-17(11-14)25-15(2)18(20(21)16(25)3)12-22-23-19(26)13-24-7-9-27-10-8-24/h4-6,11-12H,7-10,13H2,1-3H3,(H,23,26)/b22-12-. The smallest absolute Gasteiger partial charge is 0.254 e. The molecule has 6 nitrogen and oxygen atoms in total. The van der Waals surface area contributed by atoms with Gasteiger partial charge in [-0.3, -0.25) is 9.69 Å². The number of aromatic nitrogens is 1. The summed E-state index contributed by atoms with van der Waals surface area (Å²) in [5.41, 5.74) is 8.07. The number of carbonyl (C=O) groups is 1. The third kappa shape index (κ3) is 4.66. The predicted molar refractivity (Wildman–Crippen MR) is 111 cm³/mol. The van der Waals surface area contributed by atoms with Crippen molar-refractivity contribution >= 4 is 28.1 Å². The highest BCUT2D eigenvalue weighted by Crippen LogP contribution is 2.29. The molecule has 1 aromatic carbocycles. The van der Waals surface area contributed by atoms with Gasteiger partial charge in [0.05, 0.1) is 26.0 Å². The Morgan fingerprint density at radius 2 is 2.00 bits per heavy atom. The highest BCUT2D eigenvalue weighted by molar-refractivity contribution is 9.10. The number of hydrazone groups is 1. The number of aryl methyl sites for hydroxylation is 1. The second kappa shape index (κ2) is 8.82. The molecule has 27 heavy (non-hydrogen) atoms. The molecule has 7 heteroatoms. The molecule has 0 unspecified atom stereocenters. The number of ether oxygens (including phenoxy) is 1. The van der Waals surface area contributed by atoms with Crippen molar-refractivity contribution in [3.8, 4) is 5.69 Å². The number of halogens is 1. The second-order valence-corrected chi connectivity index (χ2v) is 7.55. The third-order valence-electron chi connectivity index (χ3n) is 4.73. The Morgan fingerprint density at radius 3 is 2.70 bits per heavy atom. The summed E-state index contributed by atoms with van der Waals surface area (Å²) in [6, 6.07) is 8.37.